The predicted molar refractivity (Wildman–Crippen MR) is 54.9 cm³/mol. The van der Waals surface area contributed by atoms with Crippen LogP contribution in [0.4, 0.5) is 0 Å². The molecule has 0 spiro atoms. The highest BCUT2D eigenvalue weighted by atomic mass is 16.3. The normalized spacial score (nSPS) is 25.4. The van der Waals surface area contributed by atoms with Crippen LogP contribution in [0.1, 0.15) is 27.2 Å². The van der Waals surface area contributed by atoms with Gasteiger partial charge in [-0.05, 0) is 27.2 Å². The van der Waals surface area contributed by atoms with E-state index in [1.165, 1.54) is 0 Å². The summed E-state index contributed by atoms with van der Waals surface area (Å²) in [5.41, 5.74) is 0. The quantitative estimate of drug-likeness (QED) is 0.672. The van der Waals surface area contributed by atoms with Gasteiger partial charge in [-0.3, -0.25) is 9.69 Å². The summed E-state index contributed by atoms with van der Waals surface area (Å²) >= 11 is 0. The van der Waals surface area contributed by atoms with Gasteiger partial charge in [0.1, 0.15) is 0 Å². The topological polar surface area (TPSA) is 52.6 Å². The van der Waals surface area contributed by atoms with Gasteiger partial charge in [0.25, 0.3) is 0 Å². The van der Waals surface area contributed by atoms with Gasteiger partial charge in [-0.25, -0.2) is 0 Å². The van der Waals surface area contributed by atoms with E-state index in [-0.39, 0.29) is 24.1 Å². The fourth-order valence-corrected chi connectivity index (χ4v) is 1.69. The zero-order chi connectivity index (χ0) is 10.7. The average molecular weight is 200 g/mol. The summed E-state index contributed by atoms with van der Waals surface area (Å²) < 4.78 is 0. The van der Waals surface area contributed by atoms with Crippen molar-refractivity contribution in [1.29, 1.82) is 0 Å². The number of amides is 1. The summed E-state index contributed by atoms with van der Waals surface area (Å²) in [5, 5.41) is 12.2. The predicted octanol–water partition coefficient (Wildman–Crippen LogP) is -0.0339. The highest BCUT2D eigenvalue weighted by Crippen LogP contribution is 2.12. The number of β-amino-alcohol motifs (C(OH)–C–C–N with tert-alkyl or cyclic N) is 1. The van der Waals surface area contributed by atoms with E-state index < -0.39 is 0 Å². The summed E-state index contributed by atoms with van der Waals surface area (Å²) in [7, 11) is 0. The minimum Gasteiger partial charge on any atom is -0.392 e. The monoisotopic (exact) mass is 200 g/mol. The van der Waals surface area contributed by atoms with Crippen molar-refractivity contribution in [2.45, 2.75) is 45.4 Å². The third kappa shape index (κ3) is 2.96. The zero-order valence-electron chi connectivity index (χ0n) is 9.16. The van der Waals surface area contributed by atoms with Gasteiger partial charge >= 0.3 is 0 Å². The third-order valence-electron chi connectivity index (χ3n) is 2.55. The Balaban J connectivity index is 2.40. The number of likely N-dealkylation sites (tertiary alicyclic amines) is 1. The van der Waals surface area contributed by atoms with Crippen LogP contribution >= 0.6 is 0 Å². The van der Waals surface area contributed by atoms with E-state index in [1.807, 2.05) is 25.7 Å². The van der Waals surface area contributed by atoms with E-state index in [0.717, 1.165) is 13.0 Å². The first kappa shape index (κ1) is 11.5. The molecule has 0 saturated carbocycles. The van der Waals surface area contributed by atoms with Crippen LogP contribution in [-0.2, 0) is 4.79 Å². The van der Waals surface area contributed by atoms with Gasteiger partial charge in [-0.15, -0.1) is 0 Å². The molecule has 1 aliphatic rings. The molecule has 1 unspecified atom stereocenters. The lowest BCUT2D eigenvalue weighted by Crippen LogP contribution is -2.46. The average Bonchev–Trinajstić information content (AvgIpc) is 2.49. The van der Waals surface area contributed by atoms with Crippen LogP contribution in [-0.4, -0.2) is 47.2 Å². The van der Waals surface area contributed by atoms with Crippen LogP contribution in [0.15, 0.2) is 0 Å². The minimum absolute atomic E-state index is 0.0501. The largest absolute Gasteiger partial charge is 0.392 e. The lowest BCUT2D eigenvalue weighted by atomic mass is 10.2. The SMILES string of the molecule is CC(C)NC(=O)C(C)N1CC[C@@H](O)C1. The minimum atomic E-state index is -0.260. The van der Waals surface area contributed by atoms with E-state index in [9.17, 15) is 9.90 Å². The van der Waals surface area contributed by atoms with Crippen LogP contribution < -0.4 is 5.32 Å². The van der Waals surface area contributed by atoms with Crippen molar-refractivity contribution < 1.29 is 9.90 Å². The molecule has 82 valence electrons. The van der Waals surface area contributed by atoms with Crippen molar-refractivity contribution in [3.8, 4) is 0 Å². The number of rotatable bonds is 3. The highest BCUT2D eigenvalue weighted by Gasteiger charge is 2.28. The van der Waals surface area contributed by atoms with Gasteiger partial charge in [0.2, 0.25) is 5.91 Å². The van der Waals surface area contributed by atoms with Gasteiger partial charge in [0.05, 0.1) is 12.1 Å². The third-order valence-corrected chi connectivity index (χ3v) is 2.55. The summed E-state index contributed by atoms with van der Waals surface area (Å²) in [6, 6.07) is 0.0482. The Kier molecular flexibility index (Phi) is 3.89. The van der Waals surface area contributed by atoms with Crippen LogP contribution in [0, 0.1) is 0 Å². The van der Waals surface area contributed by atoms with Crippen LogP contribution in [0.25, 0.3) is 0 Å². The first-order valence-electron chi connectivity index (χ1n) is 5.23. The number of nitrogens with zero attached hydrogens (tertiary/aromatic N) is 1. The van der Waals surface area contributed by atoms with Crippen LogP contribution in [0.2, 0.25) is 0 Å². The number of carbonyl (C=O) groups is 1. The van der Waals surface area contributed by atoms with E-state index in [4.69, 9.17) is 0 Å². The summed E-state index contributed by atoms with van der Waals surface area (Å²) in [6.07, 6.45) is 0.517. The maximum absolute atomic E-state index is 11.6. The molecule has 1 heterocycles. The van der Waals surface area contributed by atoms with Gasteiger partial charge in [-0.2, -0.15) is 0 Å². The molecule has 1 aliphatic heterocycles. The number of hydrogen-bond acceptors (Lipinski definition) is 3. The standard InChI is InChI=1S/C10H20N2O2/c1-7(2)11-10(14)8(3)12-5-4-9(13)6-12/h7-9,13H,4-6H2,1-3H3,(H,11,14)/t8?,9-/m1/s1. The van der Waals surface area contributed by atoms with Crippen molar-refractivity contribution in [2.24, 2.45) is 0 Å². The number of nitrogens with one attached hydrogen (secondary N) is 1. The molecular formula is C10H20N2O2. The summed E-state index contributed by atoms with van der Waals surface area (Å²) in [4.78, 5) is 13.6. The maximum Gasteiger partial charge on any atom is 0.237 e. The molecule has 2 N–H and O–H groups in total. The molecule has 0 aromatic carbocycles. The van der Waals surface area contributed by atoms with Crippen molar-refractivity contribution in [2.75, 3.05) is 13.1 Å². The molecule has 0 aliphatic carbocycles. The molecule has 4 heteroatoms. The second-order valence-electron chi connectivity index (χ2n) is 4.28. The number of aliphatic hydroxyl groups excluding tert-OH is 1. The Labute approximate surface area is 85.3 Å². The molecule has 1 saturated heterocycles. The zero-order valence-corrected chi connectivity index (χ0v) is 9.16. The van der Waals surface area contributed by atoms with Gasteiger partial charge in [0, 0.05) is 19.1 Å². The second kappa shape index (κ2) is 4.75. The van der Waals surface area contributed by atoms with Crippen molar-refractivity contribution in [1.82, 2.24) is 10.2 Å². The lowest BCUT2D eigenvalue weighted by Gasteiger charge is -2.23. The van der Waals surface area contributed by atoms with E-state index in [0.29, 0.717) is 6.54 Å². The Hall–Kier alpha value is -0.610. The van der Waals surface area contributed by atoms with Gasteiger partial charge in [-0.1, -0.05) is 0 Å². The molecule has 0 radical (unpaired) electrons. The molecule has 4 nitrogen and oxygen atoms in total. The number of carbonyl (C=O) groups excluding carboxylic acids is 1. The van der Waals surface area contributed by atoms with Crippen molar-refractivity contribution in [3.05, 3.63) is 0 Å². The van der Waals surface area contributed by atoms with Crippen molar-refractivity contribution >= 4 is 5.91 Å². The van der Waals surface area contributed by atoms with Gasteiger partial charge in [0.15, 0.2) is 0 Å². The highest BCUT2D eigenvalue weighted by molar-refractivity contribution is 5.81. The smallest absolute Gasteiger partial charge is 0.237 e. The molecule has 14 heavy (non-hydrogen) atoms. The van der Waals surface area contributed by atoms with Gasteiger partial charge < -0.3 is 10.4 Å². The Morgan fingerprint density at radius 1 is 1.50 bits per heavy atom. The Morgan fingerprint density at radius 2 is 2.14 bits per heavy atom. The van der Waals surface area contributed by atoms with Crippen LogP contribution in [0.5, 0.6) is 0 Å². The molecule has 1 fully saturated rings. The molecular weight excluding hydrogens is 180 g/mol. The number of hydrogen-bond donors (Lipinski definition) is 2. The fourth-order valence-electron chi connectivity index (χ4n) is 1.69. The molecule has 0 aromatic heterocycles. The number of aliphatic hydroxyl groups is 1. The molecule has 1 rings (SSSR count). The first-order chi connectivity index (χ1) is 6.50. The second-order valence-corrected chi connectivity index (χ2v) is 4.28. The molecule has 1 amide bonds. The lowest BCUT2D eigenvalue weighted by molar-refractivity contribution is -0.126. The molecule has 0 aromatic rings. The summed E-state index contributed by atoms with van der Waals surface area (Å²) in [5.74, 6) is 0.0501. The first-order valence-corrected chi connectivity index (χ1v) is 5.23. The molecule has 2 atom stereocenters. The summed E-state index contributed by atoms with van der Waals surface area (Å²) in [6.45, 7) is 7.21. The van der Waals surface area contributed by atoms with Crippen molar-refractivity contribution in [3.63, 3.8) is 0 Å². The molecule has 0 bridgehead atoms. The Bertz CT molecular complexity index is 206. The van der Waals surface area contributed by atoms with E-state index in [2.05, 4.69) is 5.32 Å². The Morgan fingerprint density at radius 3 is 2.57 bits per heavy atom. The maximum atomic E-state index is 11.6. The fraction of sp³-hybridized carbons (Fsp3) is 0.900. The van der Waals surface area contributed by atoms with E-state index >= 15 is 0 Å². The van der Waals surface area contributed by atoms with Crippen LogP contribution in [0.3, 0.4) is 0 Å². The van der Waals surface area contributed by atoms with E-state index in [1.54, 1.807) is 0 Å².